The van der Waals surface area contributed by atoms with Gasteiger partial charge in [0.05, 0.1) is 26.4 Å². The molecule has 0 radical (unpaired) electrons. The fourth-order valence-corrected chi connectivity index (χ4v) is 11.6. The van der Waals surface area contributed by atoms with Gasteiger partial charge < -0.3 is 33.8 Å². The lowest BCUT2D eigenvalue weighted by atomic mass is 10.0. The second-order valence-electron chi connectivity index (χ2n) is 25.5. The summed E-state index contributed by atoms with van der Waals surface area (Å²) < 4.78 is 68.4. The highest BCUT2D eigenvalue weighted by Gasteiger charge is 2.30. The Kier molecular flexibility index (Phi) is 69.5. The first-order valence-electron chi connectivity index (χ1n) is 38.8. The maximum absolute atomic E-state index is 13.1. The van der Waals surface area contributed by atoms with Gasteiger partial charge in [0.25, 0.3) is 0 Å². The molecule has 0 saturated heterocycles. The third-order valence-corrected chi connectivity index (χ3v) is 17.8. The van der Waals surface area contributed by atoms with Crippen molar-refractivity contribution < 1.29 is 80.2 Å². The number of phosphoric acid groups is 2. The highest BCUT2D eigenvalue weighted by molar-refractivity contribution is 7.47. The number of ether oxygens (including phenoxy) is 4. The number of carbonyl (C=O) groups excluding carboxylic acids is 4. The van der Waals surface area contributed by atoms with Crippen LogP contribution in [0.1, 0.15) is 310 Å². The second kappa shape index (κ2) is 72.8. The summed E-state index contributed by atoms with van der Waals surface area (Å²) in [7, 11) is -9.97. The van der Waals surface area contributed by atoms with Crippen molar-refractivity contribution in [1.29, 1.82) is 0 Å². The third-order valence-electron chi connectivity index (χ3n) is 15.9. The molecule has 19 heteroatoms. The van der Waals surface area contributed by atoms with E-state index in [9.17, 15) is 43.2 Å². The summed E-state index contributed by atoms with van der Waals surface area (Å²) in [5.41, 5.74) is 0. The van der Waals surface area contributed by atoms with Crippen LogP contribution in [0.3, 0.4) is 0 Å². The molecule has 0 aromatic heterocycles. The molecule has 0 heterocycles. The van der Waals surface area contributed by atoms with Gasteiger partial charge in [0, 0.05) is 25.7 Å². The Labute approximate surface area is 606 Å². The number of hydrogen-bond acceptors (Lipinski definition) is 15. The molecule has 0 aliphatic rings. The van der Waals surface area contributed by atoms with E-state index >= 15 is 0 Å². The van der Waals surface area contributed by atoms with Gasteiger partial charge in [-0.3, -0.25) is 37.3 Å². The van der Waals surface area contributed by atoms with Crippen molar-refractivity contribution in [3.63, 3.8) is 0 Å². The average molecular weight is 1450 g/mol. The molecule has 0 rings (SSSR count). The van der Waals surface area contributed by atoms with Gasteiger partial charge in [0.15, 0.2) is 12.2 Å². The van der Waals surface area contributed by atoms with Gasteiger partial charge in [-0.2, -0.15) is 0 Å². The van der Waals surface area contributed by atoms with Crippen LogP contribution in [0.4, 0.5) is 0 Å². The smallest absolute Gasteiger partial charge is 0.462 e. The van der Waals surface area contributed by atoms with Crippen molar-refractivity contribution in [3.05, 3.63) is 122 Å². The first-order chi connectivity index (χ1) is 48.7. The fourth-order valence-electron chi connectivity index (χ4n) is 10.1. The molecular formula is C81H138O17P2. The summed E-state index contributed by atoms with van der Waals surface area (Å²) >= 11 is 0. The Hall–Kier alpha value is -4.54. The standard InChI is InChI=1S/C81H138O17P2/c1-5-9-13-17-21-25-29-32-34-36-37-39-41-44-47-50-54-58-62-66-79(84)92-72-77(98-81(86)68-64-60-56-52-48-42-31-27-23-19-15-11-7-3)74-96-100(89,90)94-70-75(82)69-93-99(87,88)95-73-76(97-80(85)67-63-59-55-51-45-28-24-20-16-12-8-4)71-91-78(83)65-61-57-53-49-46-43-40-38-35-33-30-26-22-18-14-10-6-2/h9-10,13-14,20-22,24-26,32-35,37,39,44,47,54,58,75-77,82H,5-8,11-12,15-19,23,27-31,36,38,40-43,45-46,48-53,55-57,59-74H2,1-4H3,(H,87,88)(H,89,90)/b13-9-,14-10-,24-20-,25-21-,26-22-,34-32-,35-33-,39-37-,47-44-,58-54-. The minimum Gasteiger partial charge on any atom is -0.462 e. The van der Waals surface area contributed by atoms with Crippen LogP contribution >= 0.6 is 15.6 Å². The topological polar surface area (TPSA) is 237 Å². The average Bonchev–Trinajstić information content (AvgIpc) is 0.940. The van der Waals surface area contributed by atoms with Gasteiger partial charge in [-0.25, -0.2) is 9.13 Å². The van der Waals surface area contributed by atoms with E-state index in [1.807, 2.05) is 18.2 Å². The molecule has 0 aliphatic carbocycles. The minimum absolute atomic E-state index is 0.0363. The Bertz CT molecular complexity index is 2370. The fraction of sp³-hybridized carbons (Fsp3) is 0.704. The van der Waals surface area contributed by atoms with Crippen LogP contribution in [-0.4, -0.2) is 96.7 Å². The van der Waals surface area contributed by atoms with E-state index < -0.39 is 97.5 Å². The summed E-state index contributed by atoms with van der Waals surface area (Å²) in [4.78, 5) is 72.8. The van der Waals surface area contributed by atoms with Crippen LogP contribution in [0.2, 0.25) is 0 Å². The molecule has 0 aromatic rings. The monoisotopic (exact) mass is 1440 g/mol. The molecule has 0 fully saturated rings. The van der Waals surface area contributed by atoms with Gasteiger partial charge in [-0.15, -0.1) is 0 Å². The maximum atomic E-state index is 13.1. The second-order valence-corrected chi connectivity index (χ2v) is 28.4. The Morgan fingerprint density at radius 3 is 0.900 bits per heavy atom. The van der Waals surface area contributed by atoms with Crippen LogP contribution in [0, 0.1) is 0 Å². The third kappa shape index (κ3) is 71.8. The number of esters is 4. The Morgan fingerprint density at radius 1 is 0.290 bits per heavy atom. The van der Waals surface area contributed by atoms with E-state index in [1.165, 1.54) is 64.2 Å². The molecule has 3 N–H and O–H groups in total. The number of carbonyl (C=O) groups is 4. The SMILES string of the molecule is CC/C=C\C/C=C\C/C=C\C/C=C\C/C=C\C/C=C\CCC(=O)OCC(COP(=O)(O)OCC(O)COP(=O)(O)OCC(COC(=O)CCCCCCCCC/C=C\C/C=C\C/C=C\CC)OC(=O)CCCCCCC/C=C\CCCC)OC(=O)CCCCCCCCCCCCCCC. The molecule has 0 saturated carbocycles. The van der Waals surface area contributed by atoms with Crippen LogP contribution in [0.5, 0.6) is 0 Å². The molecule has 0 spiro atoms. The van der Waals surface area contributed by atoms with Crippen molar-refractivity contribution >= 4 is 39.5 Å². The highest BCUT2D eigenvalue weighted by Crippen LogP contribution is 2.45. The van der Waals surface area contributed by atoms with Gasteiger partial charge in [-0.05, 0) is 116 Å². The molecule has 0 aromatic carbocycles. The van der Waals surface area contributed by atoms with E-state index in [2.05, 4.69) is 131 Å². The summed E-state index contributed by atoms with van der Waals surface area (Å²) in [6.45, 7) is 4.52. The number of rotatable bonds is 72. The molecule has 5 unspecified atom stereocenters. The van der Waals surface area contributed by atoms with Gasteiger partial charge in [-0.1, -0.05) is 290 Å². The number of hydrogen-bond donors (Lipinski definition) is 3. The number of aliphatic hydroxyl groups is 1. The summed E-state index contributed by atoms with van der Waals surface area (Å²) in [6, 6.07) is 0. The van der Waals surface area contributed by atoms with Gasteiger partial charge in [0.1, 0.15) is 19.3 Å². The van der Waals surface area contributed by atoms with Crippen molar-refractivity contribution in [2.75, 3.05) is 39.6 Å². The minimum atomic E-state index is -4.99. The zero-order chi connectivity index (χ0) is 73.2. The quantitative estimate of drug-likeness (QED) is 0.0169. The lowest BCUT2D eigenvalue weighted by molar-refractivity contribution is -0.161. The summed E-state index contributed by atoms with van der Waals surface area (Å²) in [5.74, 6) is -2.29. The van der Waals surface area contributed by atoms with Crippen LogP contribution in [0.15, 0.2) is 122 Å². The zero-order valence-corrected chi connectivity index (χ0v) is 64.4. The number of allylic oxidation sites excluding steroid dienone is 20. The molecule has 574 valence electrons. The van der Waals surface area contributed by atoms with Gasteiger partial charge >= 0.3 is 39.5 Å². The first kappa shape index (κ1) is 95.5. The van der Waals surface area contributed by atoms with E-state index in [4.69, 9.17) is 37.0 Å². The summed E-state index contributed by atoms with van der Waals surface area (Å²) in [6.07, 6.45) is 79.2. The molecule has 0 amide bonds. The molecule has 100 heavy (non-hydrogen) atoms. The van der Waals surface area contributed by atoms with Gasteiger partial charge in [0.2, 0.25) is 0 Å². The van der Waals surface area contributed by atoms with E-state index in [1.54, 1.807) is 0 Å². The van der Waals surface area contributed by atoms with Crippen molar-refractivity contribution in [2.45, 2.75) is 329 Å². The van der Waals surface area contributed by atoms with Crippen LogP contribution < -0.4 is 0 Å². The normalized spacial score (nSPS) is 14.6. The molecule has 0 bridgehead atoms. The molecule has 0 aliphatic heterocycles. The first-order valence-corrected chi connectivity index (χ1v) is 41.8. The molecular weight excluding hydrogens is 1310 g/mol. The van der Waals surface area contributed by atoms with E-state index in [0.717, 1.165) is 161 Å². The highest BCUT2D eigenvalue weighted by atomic mass is 31.2. The lowest BCUT2D eigenvalue weighted by Gasteiger charge is -2.21. The zero-order valence-electron chi connectivity index (χ0n) is 62.6. The number of phosphoric ester groups is 2. The lowest BCUT2D eigenvalue weighted by Crippen LogP contribution is -2.30. The predicted octanol–water partition coefficient (Wildman–Crippen LogP) is 22.3. The Morgan fingerprint density at radius 2 is 0.550 bits per heavy atom. The largest absolute Gasteiger partial charge is 0.472 e. The van der Waals surface area contributed by atoms with E-state index in [0.29, 0.717) is 32.1 Å². The number of unbranched alkanes of at least 4 members (excludes halogenated alkanes) is 26. The van der Waals surface area contributed by atoms with Crippen LogP contribution in [0.25, 0.3) is 0 Å². The van der Waals surface area contributed by atoms with Crippen molar-refractivity contribution in [1.82, 2.24) is 0 Å². The maximum Gasteiger partial charge on any atom is 0.472 e. The Balaban J connectivity index is 5.37. The van der Waals surface area contributed by atoms with Crippen molar-refractivity contribution in [3.8, 4) is 0 Å². The molecule has 5 atom stereocenters. The van der Waals surface area contributed by atoms with E-state index in [-0.39, 0.29) is 25.7 Å². The van der Waals surface area contributed by atoms with Crippen molar-refractivity contribution in [2.24, 2.45) is 0 Å². The van der Waals surface area contributed by atoms with Crippen LogP contribution in [-0.2, 0) is 65.4 Å². The predicted molar refractivity (Wildman–Crippen MR) is 408 cm³/mol. The molecule has 17 nitrogen and oxygen atoms in total. The number of aliphatic hydroxyl groups excluding tert-OH is 1. The summed E-state index contributed by atoms with van der Waals surface area (Å²) in [5, 5.41) is 10.6.